The number of anilines is 1. The van der Waals surface area contributed by atoms with Gasteiger partial charge in [-0.2, -0.15) is 0 Å². The number of aryl methyl sites for hydroxylation is 3. The van der Waals surface area contributed by atoms with Crippen molar-refractivity contribution >= 4 is 23.1 Å². The molecule has 0 aliphatic carbocycles. The SMILES string of the molecule is CCc1ccc(/C(O)=C2\C(=O)C(=O)N(c3ccc(C)cc3C)C2c2cccnc2)cc1. The summed E-state index contributed by atoms with van der Waals surface area (Å²) in [6.45, 7) is 5.93. The molecule has 1 aliphatic rings. The Labute approximate surface area is 181 Å². The van der Waals surface area contributed by atoms with Crippen molar-refractivity contribution < 1.29 is 14.7 Å². The van der Waals surface area contributed by atoms with E-state index in [2.05, 4.69) is 4.98 Å². The van der Waals surface area contributed by atoms with Gasteiger partial charge in [0.05, 0.1) is 11.6 Å². The molecule has 2 heterocycles. The van der Waals surface area contributed by atoms with Crippen molar-refractivity contribution in [1.29, 1.82) is 0 Å². The second-order valence-corrected chi connectivity index (χ2v) is 7.80. The minimum Gasteiger partial charge on any atom is -0.507 e. The van der Waals surface area contributed by atoms with Crippen LogP contribution in [0.4, 0.5) is 5.69 Å². The van der Waals surface area contributed by atoms with Gasteiger partial charge in [-0.1, -0.05) is 55.0 Å². The highest BCUT2D eigenvalue weighted by molar-refractivity contribution is 6.51. The van der Waals surface area contributed by atoms with Gasteiger partial charge in [0.2, 0.25) is 0 Å². The third-order valence-corrected chi connectivity index (χ3v) is 5.69. The lowest BCUT2D eigenvalue weighted by Crippen LogP contribution is -2.30. The number of carbonyl (C=O) groups excluding carboxylic acids is 2. The number of ketones is 1. The summed E-state index contributed by atoms with van der Waals surface area (Å²) in [5, 5.41) is 11.1. The summed E-state index contributed by atoms with van der Waals surface area (Å²) in [6, 6.07) is 15.9. The molecule has 31 heavy (non-hydrogen) atoms. The maximum absolute atomic E-state index is 13.2. The van der Waals surface area contributed by atoms with E-state index in [1.807, 2.05) is 57.2 Å². The van der Waals surface area contributed by atoms with Crippen molar-refractivity contribution in [2.24, 2.45) is 0 Å². The Morgan fingerprint density at radius 3 is 2.42 bits per heavy atom. The average Bonchev–Trinajstić information content (AvgIpc) is 3.04. The normalized spacial score (nSPS) is 17.9. The molecular formula is C26H24N2O3. The molecule has 156 valence electrons. The number of rotatable bonds is 4. The Morgan fingerprint density at radius 1 is 1.06 bits per heavy atom. The van der Waals surface area contributed by atoms with Crippen molar-refractivity contribution in [3.63, 3.8) is 0 Å². The van der Waals surface area contributed by atoms with Crippen LogP contribution in [0.3, 0.4) is 0 Å². The lowest BCUT2D eigenvalue weighted by Gasteiger charge is -2.26. The Kier molecular flexibility index (Phi) is 5.42. The molecule has 1 aromatic heterocycles. The van der Waals surface area contributed by atoms with Gasteiger partial charge in [0, 0.05) is 23.6 Å². The molecule has 1 N–H and O–H groups in total. The Balaban J connectivity index is 1.93. The van der Waals surface area contributed by atoms with Crippen LogP contribution in [-0.4, -0.2) is 21.8 Å². The van der Waals surface area contributed by atoms with Crippen molar-refractivity contribution in [1.82, 2.24) is 4.98 Å². The quantitative estimate of drug-likeness (QED) is 0.376. The first kappa shape index (κ1) is 20.5. The van der Waals surface area contributed by atoms with Crippen molar-refractivity contribution in [3.8, 4) is 0 Å². The Hall–Kier alpha value is -3.73. The van der Waals surface area contributed by atoms with Crippen molar-refractivity contribution in [3.05, 3.63) is 100 Å². The van der Waals surface area contributed by atoms with Crippen LogP contribution in [0, 0.1) is 13.8 Å². The van der Waals surface area contributed by atoms with Gasteiger partial charge in [0.15, 0.2) is 0 Å². The Bertz CT molecular complexity index is 1180. The van der Waals surface area contributed by atoms with E-state index in [-0.39, 0.29) is 11.3 Å². The van der Waals surface area contributed by atoms with Gasteiger partial charge >= 0.3 is 0 Å². The Morgan fingerprint density at radius 2 is 1.81 bits per heavy atom. The molecule has 3 aromatic rings. The highest BCUT2D eigenvalue weighted by Gasteiger charge is 2.47. The summed E-state index contributed by atoms with van der Waals surface area (Å²) < 4.78 is 0. The van der Waals surface area contributed by atoms with E-state index in [0.29, 0.717) is 16.8 Å². The highest BCUT2D eigenvalue weighted by atomic mass is 16.3. The summed E-state index contributed by atoms with van der Waals surface area (Å²) >= 11 is 0. The molecule has 0 radical (unpaired) electrons. The van der Waals surface area contributed by atoms with Gasteiger partial charge in [-0.05, 0) is 49.1 Å². The monoisotopic (exact) mass is 412 g/mol. The molecule has 5 nitrogen and oxygen atoms in total. The number of aromatic nitrogens is 1. The van der Waals surface area contributed by atoms with Crippen molar-refractivity contribution in [2.45, 2.75) is 33.2 Å². The molecule has 1 aliphatic heterocycles. The third kappa shape index (κ3) is 3.63. The predicted molar refractivity (Wildman–Crippen MR) is 121 cm³/mol. The summed E-state index contributed by atoms with van der Waals surface area (Å²) in [7, 11) is 0. The number of Topliss-reactive ketones (excluding diaryl/α,β-unsaturated/α-hetero) is 1. The number of aliphatic hydroxyl groups is 1. The predicted octanol–water partition coefficient (Wildman–Crippen LogP) is 4.89. The van der Waals surface area contributed by atoms with E-state index >= 15 is 0 Å². The zero-order valence-electron chi connectivity index (χ0n) is 17.8. The first-order valence-electron chi connectivity index (χ1n) is 10.3. The van der Waals surface area contributed by atoms with E-state index in [1.165, 1.54) is 4.90 Å². The maximum atomic E-state index is 13.2. The van der Waals surface area contributed by atoms with Gasteiger partial charge in [-0.3, -0.25) is 19.5 Å². The van der Waals surface area contributed by atoms with Crippen LogP contribution in [0.15, 0.2) is 72.6 Å². The molecule has 1 saturated heterocycles. The molecule has 0 bridgehead atoms. The van der Waals surface area contributed by atoms with Gasteiger partial charge in [-0.25, -0.2) is 0 Å². The number of aliphatic hydroxyl groups excluding tert-OH is 1. The molecule has 0 saturated carbocycles. The number of nitrogens with zero attached hydrogens (tertiary/aromatic N) is 2. The number of carbonyl (C=O) groups is 2. The zero-order valence-corrected chi connectivity index (χ0v) is 17.8. The number of hydrogen-bond donors (Lipinski definition) is 1. The topological polar surface area (TPSA) is 70.5 Å². The van der Waals surface area contributed by atoms with E-state index in [1.54, 1.807) is 30.6 Å². The average molecular weight is 412 g/mol. The fraction of sp³-hybridized carbons (Fsp3) is 0.192. The summed E-state index contributed by atoms with van der Waals surface area (Å²) in [4.78, 5) is 32.0. The van der Waals surface area contributed by atoms with Crippen LogP contribution in [0.25, 0.3) is 5.76 Å². The van der Waals surface area contributed by atoms with Crippen LogP contribution in [0.1, 0.15) is 40.8 Å². The van der Waals surface area contributed by atoms with Gasteiger partial charge in [0.25, 0.3) is 11.7 Å². The fourth-order valence-corrected chi connectivity index (χ4v) is 4.06. The standard InChI is InChI=1S/C26H24N2O3/c1-4-18-8-10-19(11-9-18)24(29)22-23(20-6-5-13-27-15-20)28(26(31)25(22)30)21-12-7-16(2)14-17(21)3/h5-15,23,29H,4H2,1-3H3/b24-22+. The van der Waals surface area contributed by atoms with Gasteiger partial charge in [-0.15, -0.1) is 0 Å². The lowest BCUT2D eigenvalue weighted by molar-refractivity contribution is -0.132. The number of amides is 1. The van der Waals surface area contributed by atoms with Crippen LogP contribution in [0.2, 0.25) is 0 Å². The number of hydrogen-bond acceptors (Lipinski definition) is 4. The van der Waals surface area contributed by atoms with Crippen molar-refractivity contribution in [2.75, 3.05) is 4.90 Å². The molecule has 1 amide bonds. The van der Waals surface area contributed by atoms with E-state index < -0.39 is 17.7 Å². The molecular weight excluding hydrogens is 388 g/mol. The smallest absolute Gasteiger partial charge is 0.300 e. The number of pyridine rings is 1. The summed E-state index contributed by atoms with van der Waals surface area (Å²) in [5.74, 6) is -1.54. The zero-order chi connectivity index (χ0) is 22.1. The molecule has 1 atom stereocenters. The van der Waals surface area contributed by atoms with Gasteiger partial charge < -0.3 is 5.11 Å². The maximum Gasteiger partial charge on any atom is 0.300 e. The molecule has 1 fully saturated rings. The lowest BCUT2D eigenvalue weighted by atomic mass is 9.95. The van der Waals surface area contributed by atoms with E-state index in [0.717, 1.165) is 23.1 Å². The molecule has 4 rings (SSSR count). The summed E-state index contributed by atoms with van der Waals surface area (Å²) in [5.41, 5.74) is 4.94. The largest absolute Gasteiger partial charge is 0.507 e. The summed E-state index contributed by atoms with van der Waals surface area (Å²) in [6.07, 6.45) is 4.13. The minimum absolute atomic E-state index is 0.0715. The molecule has 0 spiro atoms. The van der Waals surface area contributed by atoms with Crippen LogP contribution in [0.5, 0.6) is 0 Å². The van der Waals surface area contributed by atoms with Crippen LogP contribution >= 0.6 is 0 Å². The number of benzene rings is 2. The fourth-order valence-electron chi connectivity index (χ4n) is 4.06. The van der Waals surface area contributed by atoms with Gasteiger partial charge in [0.1, 0.15) is 5.76 Å². The van der Waals surface area contributed by atoms with E-state index in [9.17, 15) is 14.7 Å². The molecule has 5 heteroatoms. The third-order valence-electron chi connectivity index (χ3n) is 5.69. The molecule has 2 aromatic carbocycles. The van der Waals surface area contributed by atoms with Crippen LogP contribution < -0.4 is 4.90 Å². The highest BCUT2D eigenvalue weighted by Crippen LogP contribution is 2.42. The second-order valence-electron chi connectivity index (χ2n) is 7.80. The minimum atomic E-state index is -0.763. The molecule has 1 unspecified atom stereocenters. The second kappa shape index (κ2) is 8.19. The first-order chi connectivity index (χ1) is 14.9. The van der Waals surface area contributed by atoms with E-state index in [4.69, 9.17) is 0 Å². The first-order valence-corrected chi connectivity index (χ1v) is 10.3. The van der Waals surface area contributed by atoms with Crippen LogP contribution in [-0.2, 0) is 16.0 Å².